The van der Waals surface area contributed by atoms with Gasteiger partial charge in [-0.1, -0.05) is 12.1 Å². The SMILES string of the molecule is CC(=NNc1nc(C)cc(C)n1)c1ccc(C#N)cc1. The predicted molar refractivity (Wildman–Crippen MR) is 78.5 cm³/mol. The van der Waals surface area contributed by atoms with Gasteiger partial charge in [0, 0.05) is 11.4 Å². The zero-order valence-corrected chi connectivity index (χ0v) is 11.7. The third-order valence-corrected chi connectivity index (χ3v) is 2.74. The van der Waals surface area contributed by atoms with Gasteiger partial charge in [-0.25, -0.2) is 15.4 Å². The average molecular weight is 265 g/mol. The Morgan fingerprint density at radius 1 is 1.15 bits per heavy atom. The molecule has 0 aliphatic heterocycles. The fraction of sp³-hybridized carbons (Fsp3) is 0.200. The molecule has 1 N–H and O–H groups in total. The van der Waals surface area contributed by atoms with Crippen molar-refractivity contribution in [1.82, 2.24) is 9.97 Å². The largest absolute Gasteiger partial charge is 0.245 e. The van der Waals surface area contributed by atoms with Crippen LogP contribution in [0.2, 0.25) is 0 Å². The molecular formula is C15H15N5. The van der Waals surface area contributed by atoms with Crippen LogP contribution in [0.25, 0.3) is 0 Å². The van der Waals surface area contributed by atoms with Crippen LogP contribution in [0.4, 0.5) is 5.95 Å². The first-order valence-corrected chi connectivity index (χ1v) is 6.21. The number of benzene rings is 1. The number of nitriles is 1. The fourth-order valence-corrected chi connectivity index (χ4v) is 1.76. The number of nitrogens with zero attached hydrogens (tertiary/aromatic N) is 4. The highest BCUT2D eigenvalue weighted by atomic mass is 15.4. The molecule has 0 fully saturated rings. The summed E-state index contributed by atoms with van der Waals surface area (Å²) in [5.74, 6) is 0.482. The van der Waals surface area contributed by atoms with E-state index in [1.54, 1.807) is 12.1 Å². The summed E-state index contributed by atoms with van der Waals surface area (Å²) in [5.41, 5.74) is 7.02. The second-order valence-electron chi connectivity index (χ2n) is 4.47. The van der Waals surface area contributed by atoms with E-state index in [-0.39, 0.29) is 0 Å². The molecular weight excluding hydrogens is 250 g/mol. The molecule has 5 nitrogen and oxygen atoms in total. The summed E-state index contributed by atoms with van der Waals surface area (Å²) in [6, 6.07) is 11.2. The van der Waals surface area contributed by atoms with Gasteiger partial charge >= 0.3 is 0 Å². The number of hydrogen-bond donors (Lipinski definition) is 1. The van der Waals surface area contributed by atoms with Crippen molar-refractivity contribution in [3.63, 3.8) is 0 Å². The van der Waals surface area contributed by atoms with Crippen LogP contribution in [0, 0.1) is 25.2 Å². The summed E-state index contributed by atoms with van der Waals surface area (Å²) in [6.07, 6.45) is 0. The Balaban J connectivity index is 2.15. The molecule has 0 aliphatic carbocycles. The van der Waals surface area contributed by atoms with E-state index < -0.39 is 0 Å². The van der Waals surface area contributed by atoms with E-state index in [2.05, 4.69) is 26.6 Å². The number of rotatable bonds is 3. The molecule has 0 aliphatic rings. The minimum Gasteiger partial charge on any atom is -0.245 e. The van der Waals surface area contributed by atoms with E-state index >= 15 is 0 Å². The van der Waals surface area contributed by atoms with Gasteiger partial charge in [0.05, 0.1) is 17.3 Å². The maximum atomic E-state index is 8.76. The second kappa shape index (κ2) is 5.93. The van der Waals surface area contributed by atoms with Gasteiger partial charge in [-0.2, -0.15) is 10.4 Å². The van der Waals surface area contributed by atoms with Crippen molar-refractivity contribution in [2.24, 2.45) is 5.10 Å². The van der Waals surface area contributed by atoms with Gasteiger partial charge in [0.15, 0.2) is 0 Å². The van der Waals surface area contributed by atoms with Crippen molar-refractivity contribution in [1.29, 1.82) is 5.26 Å². The van der Waals surface area contributed by atoms with Crippen molar-refractivity contribution < 1.29 is 0 Å². The number of hydrogen-bond acceptors (Lipinski definition) is 5. The van der Waals surface area contributed by atoms with Crippen LogP contribution < -0.4 is 5.43 Å². The van der Waals surface area contributed by atoms with Crippen molar-refractivity contribution >= 4 is 11.7 Å². The fourth-order valence-electron chi connectivity index (χ4n) is 1.76. The zero-order valence-electron chi connectivity index (χ0n) is 11.7. The van der Waals surface area contributed by atoms with E-state index in [4.69, 9.17) is 5.26 Å². The summed E-state index contributed by atoms with van der Waals surface area (Å²) in [4.78, 5) is 8.51. The number of aromatic nitrogens is 2. The molecule has 0 atom stereocenters. The summed E-state index contributed by atoms with van der Waals surface area (Å²) < 4.78 is 0. The van der Waals surface area contributed by atoms with Crippen LogP contribution in [0.1, 0.15) is 29.4 Å². The van der Waals surface area contributed by atoms with Gasteiger partial charge < -0.3 is 0 Å². The minimum atomic E-state index is 0.482. The Bertz CT molecular complexity index is 660. The van der Waals surface area contributed by atoms with Crippen LogP contribution in [0.15, 0.2) is 35.4 Å². The summed E-state index contributed by atoms with van der Waals surface area (Å²) in [6.45, 7) is 5.71. The molecule has 0 bridgehead atoms. The molecule has 1 heterocycles. The lowest BCUT2D eigenvalue weighted by molar-refractivity contribution is 1.03. The number of anilines is 1. The standard InChI is InChI=1S/C15H15N5/c1-10-8-11(2)18-15(17-10)20-19-12(3)14-6-4-13(9-16)5-7-14/h4-8H,1-3H3,(H,17,18,20). The Kier molecular flexibility index (Phi) is 4.06. The highest BCUT2D eigenvalue weighted by Gasteiger charge is 2.00. The smallest absolute Gasteiger partial charge is 0.243 e. The van der Waals surface area contributed by atoms with Crippen LogP contribution in [-0.4, -0.2) is 15.7 Å². The molecule has 0 saturated carbocycles. The molecule has 5 heteroatoms. The van der Waals surface area contributed by atoms with E-state index in [1.807, 2.05) is 39.0 Å². The molecule has 1 aromatic carbocycles. The first-order chi connectivity index (χ1) is 9.58. The Morgan fingerprint density at radius 2 is 1.75 bits per heavy atom. The lowest BCUT2D eigenvalue weighted by atomic mass is 10.1. The van der Waals surface area contributed by atoms with Crippen LogP contribution >= 0.6 is 0 Å². The summed E-state index contributed by atoms with van der Waals surface area (Å²) >= 11 is 0. The molecule has 20 heavy (non-hydrogen) atoms. The molecule has 0 amide bonds. The molecule has 0 saturated heterocycles. The maximum Gasteiger partial charge on any atom is 0.243 e. The van der Waals surface area contributed by atoms with Crippen LogP contribution in [0.5, 0.6) is 0 Å². The third-order valence-electron chi connectivity index (χ3n) is 2.74. The van der Waals surface area contributed by atoms with Crippen LogP contribution in [-0.2, 0) is 0 Å². The Labute approximate surface area is 118 Å². The quantitative estimate of drug-likeness (QED) is 0.684. The number of nitrogens with one attached hydrogen (secondary N) is 1. The molecule has 0 unspecified atom stereocenters. The van der Waals surface area contributed by atoms with Gasteiger partial charge in [-0.3, -0.25) is 0 Å². The lowest BCUT2D eigenvalue weighted by Gasteiger charge is -2.04. The molecule has 1 aromatic heterocycles. The van der Waals surface area contributed by atoms with Crippen molar-refractivity contribution in [3.05, 3.63) is 52.8 Å². The van der Waals surface area contributed by atoms with Gasteiger partial charge in [0.2, 0.25) is 5.95 Å². The Morgan fingerprint density at radius 3 is 2.30 bits per heavy atom. The molecule has 100 valence electrons. The van der Waals surface area contributed by atoms with Crippen LogP contribution in [0.3, 0.4) is 0 Å². The molecule has 2 rings (SSSR count). The highest BCUT2D eigenvalue weighted by molar-refractivity contribution is 5.99. The van der Waals surface area contributed by atoms with Crippen molar-refractivity contribution in [2.45, 2.75) is 20.8 Å². The van der Waals surface area contributed by atoms with Gasteiger partial charge in [-0.15, -0.1) is 0 Å². The van der Waals surface area contributed by atoms with Gasteiger partial charge in [0.1, 0.15) is 0 Å². The van der Waals surface area contributed by atoms with Crippen molar-refractivity contribution in [3.8, 4) is 6.07 Å². The normalized spacial score (nSPS) is 11.0. The predicted octanol–water partition coefficient (Wildman–Crippen LogP) is 2.80. The average Bonchev–Trinajstić information content (AvgIpc) is 2.44. The summed E-state index contributed by atoms with van der Waals surface area (Å²) in [7, 11) is 0. The summed E-state index contributed by atoms with van der Waals surface area (Å²) in [5, 5.41) is 13.0. The van der Waals surface area contributed by atoms with E-state index in [0.717, 1.165) is 22.7 Å². The van der Waals surface area contributed by atoms with Crippen molar-refractivity contribution in [2.75, 3.05) is 5.43 Å². The molecule has 0 spiro atoms. The maximum absolute atomic E-state index is 8.76. The third kappa shape index (κ3) is 3.39. The minimum absolute atomic E-state index is 0.482. The molecule has 0 radical (unpaired) electrons. The number of aryl methyl sites for hydroxylation is 2. The van der Waals surface area contributed by atoms with Gasteiger partial charge in [0.25, 0.3) is 0 Å². The number of hydrazone groups is 1. The molecule has 2 aromatic rings. The van der Waals surface area contributed by atoms with E-state index in [0.29, 0.717) is 11.5 Å². The monoisotopic (exact) mass is 265 g/mol. The lowest BCUT2D eigenvalue weighted by Crippen LogP contribution is -2.03. The second-order valence-corrected chi connectivity index (χ2v) is 4.47. The zero-order chi connectivity index (χ0) is 14.5. The van der Waals surface area contributed by atoms with Gasteiger partial charge in [-0.05, 0) is 44.5 Å². The highest BCUT2D eigenvalue weighted by Crippen LogP contribution is 2.07. The van der Waals surface area contributed by atoms with E-state index in [9.17, 15) is 0 Å². The van der Waals surface area contributed by atoms with E-state index in [1.165, 1.54) is 0 Å². The first-order valence-electron chi connectivity index (χ1n) is 6.21. The Hall–Kier alpha value is -2.74. The first kappa shape index (κ1) is 13.7. The topological polar surface area (TPSA) is 74.0 Å².